The molecule has 1 saturated carbocycles. The number of hydrogen-bond acceptors (Lipinski definition) is 5. The summed E-state index contributed by atoms with van der Waals surface area (Å²) < 4.78 is 49.6. The zero-order chi connectivity index (χ0) is 28.4. The average molecular weight is 549 g/mol. The number of benzene rings is 2. The van der Waals surface area contributed by atoms with Gasteiger partial charge in [-0.25, -0.2) is 4.99 Å². The zero-order valence-corrected chi connectivity index (χ0v) is 22.1. The van der Waals surface area contributed by atoms with E-state index < -0.39 is 29.6 Å². The summed E-state index contributed by atoms with van der Waals surface area (Å²) in [7, 11) is 3.01. The summed E-state index contributed by atoms with van der Waals surface area (Å²) in [5.41, 5.74) is 6.21. The Bertz CT molecular complexity index is 1160. The number of methoxy groups -OCH3 is 2. The summed E-state index contributed by atoms with van der Waals surface area (Å²) in [5.74, 6) is 0.191. The largest absolute Gasteiger partial charge is 0.493 e. The van der Waals surface area contributed by atoms with Crippen molar-refractivity contribution in [1.82, 2.24) is 10.6 Å². The minimum absolute atomic E-state index is 0.00833. The second kappa shape index (κ2) is 13.9. The molecule has 1 aliphatic rings. The van der Waals surface area contributed by atoms with Crippen LogP contribution in [0.3, 0.4) is 0 Å². The molecular weight excluding hydrogens is 513 g/mol. The van der Waals surface area contributed by atoms with Crippen LogP contribution in [-0.4, -0.2) is 38.0 Å². The molecule has 0 saturated heterocycles. The molecule has 1 fully saturated rings. The third-order valence-corrected chi connectivity index (χ3v) is 6.68. The molecule has 39 heavy (non-hydrogen) atoms. The van der Waals surface area contributed by atoms with Crippen LogP contribution < -0.4 is 25.8 Å². The lowest BCUT2D eigenvalue weighted by Crippen LogP contribution is -2.42. The Balaban J connectivity index is 1.67. The highest BCUT2D eigenvalue weighted by atomic mass is 19.4. The van der Waals surface area contributed by atoms with Crippen molar-refractivity contribution >= 4 is 17.8 Å². The predicted octanol–water partition coefficient (Wildman–Crippen LogP) is 4.35. The molecule has 1 atom stereocenters. The number of amides is 2. The van der Waals surface area contributed by atoms with Gasteiger partial charge in [-0.1, -0.05) is 50.3 Å². The van der Waals surface area contributed by atoms with E-state index in [2.05, 4.69) is 15.6 Å². The van der Waals surface area contributed by atoms with E-state index in [0.29, 0.717) is 29.0 Å². The Kier molecular flexibility index (Phi) is 10.6. The van der Waals surface area contributed by atoms with Crippen molar-refractivity contribution in [1.29, 1.82) is 0 Å². The molecule has 4 N–H and O–H groups in total. The first-order valence-corrected chi connectivity index (χ1v) is 12.9. The first-order valence-electron chi connectivity index (χ1n) is 12.9. The van der Waals surface area contributed by atoms with Crippen LogP contribution in [-0.2, 0) is 28.7 Å². The van der Waals surface area contributed by atoms with Crippen LogP contribution >= 0.6 is 0 Å². The standard InChI is InChI=1S/C28H35F3N4O4/c1-38-23-12-11-19(15-24(23)39-2)16-25(36)35-27(32)34-22(14-18-7-4-3-5-8-18)26(37)33-17-20-9-6-10-21(13-20)28(29,30)31/h6,9-13,15,18,22H,3-5,7-8,14,16-17H2,1-2H3,(H,33,37)(H3,32,34,35,36). The highest BCUT2D eigenvalue weighted by Crippen LogP contribution is 2.30. The molecule has 2 aromatic rings. The van der Waals surface area contributed by atoms with Gasteiger partial charge in [0.1, 0.15) is 6.04 Å². The Labute approximate surface area is 226 Å². The number of guanidine groups is 1. The van der Waals surface area contributed by atoms with Crippen LogP contribution in [0.1, 0.15) is 55.2 Å². The minimum Gasteiger partial charge on any atom is -0.493 e. The average Bonchev–Trinajstić information content (AvgIpc) is 2.91. The molecule has 0 heterocycles. The van der Waals surface area contributed by atoms with E-state index in [9.17, 15) is 22.8 Å². The van der Waals surface area contributed by atoms with Gasteiger partial charge in [-0.2, -0.15) is 13.2 Å². The fraction of sp³-hybridized carbons (Fsp3) is 0.464. The fourth-order valence-electron chi connectivity index (χ4n) is 4.68. The van der Waals surface area contributed by atoms with Crippen LogP contribution in [0.2, 0.25) is 0 Å². The van der Waals surface area contributed by atoms with Gasteiger partial charge in [0, 0.05) is 6.54 Å². The Morgan fingerprint density at radius 2 is 1.74 bits per heavy atom. The number of ether oxygens (including phenoxy) is 2. The molecule has 0 aromatic heterocycles. The van der Waals surface area contributed by atoms with E-state index in [1.54, 1.807) is 18.2 Å². The molecule has 0 spiro atoms. The van der Waals surface area contributed by atoms with Crippen molar-refractivity contribution < 1.29 is 32.2 Å². The number of nitrogens with one attached hydrogen (secondary N) is 2. The number of hydrogen-bond donors (Lipinski definition) is 3. The maximum Gasteiger partial charge on any atom is 0.416 e. The van der Waals surface area contributed by atoms with Crippen molar-refractivity contribution in [3.8, 4) is 11.5 Å². The molecule has 0 radical (unpaired) electrons. The predicted molar refractivity (Wildman–Crippen MR) is 141 cm³/mol. The summed E-state index contributed by atoms with van der Waals surface area (Å²) >= 11 is 0. The third kappa shape index (κ3) is 9.19. The third-order valence-electron chi connectivity index (χ3n) is 6.68. The first kappa shape index (κ1) is 29.8. The van der Waals surface area contributed by atoms with Crippen LogP contribution in [0.4, 0.5) is 13.2 Å². The van der Waals surface area contributed by atoms with Gasteiger partial charge in [-0.05, 0) is 47.7 Å². The van der Waals surface area contributed by atoms with Gasteiger partial charge in [0.2, 0.25) is 11.8 Å². The smallest absolute Gasteiger partial charge is 0.416 e. The second-order valence-corrected chi connectivity index (χ2v) is 9.60. The highest BCUT2D eigenvalue weighted by molar-refractivity contribution is 5.98. The second-order valence-electron chi connectivity index (χ2n) is 9.60. The van der Waals surface area contributed by atoms with Crippen molar-refractivity contribution in [2.75, 3.05) is 14.2 Å². The fourth-order valence-corrected chi connectivity index (χ4v) is 4.68. The van der Waals surface area contributed by atoms with E-state index in [1.165, 1.54) is 26.4 Å². The lowest BCUT2D eigenvalue weighted by atomic mass is 9.84. The molecule has 1 aliphatic carbocycles. The summed E-state index contributed by atoms with van der Waals surface area (Å²) in [6.07, 6.45) is 1.12. The monoisotopic (exact) mass is 548 g/mol. The normalized spacial score (nSPS) is 15.4. The summed E-state index contributed by atoms with van der Waals surface area (Å²) in [5, 5.41) is 5.21. The zero-order valence-electron chi connectivity index (χ0n) is 22.1. The van der Waals surface area contributed by atoms with Crippen LogP contribution in [0.5, 0.6) is 11.5 Å². The molecule has 1 unspecified atom stereocenters. The number of aliphatic imine (C=N–C) groups is 1. The van der Waals surface area contributed by atoms with E-state index >= 15 is 0 Å². The van der Waals surface area contributed by atoms with Gasteiger partial charge in [0.05, 0.1) is 26.2 Å². The lowest BCUT2D eigenvalue weighted by molar-refractivity contribution is -0.137. The topological polar surface area (TPSA) is 115 Å². The quantitative estimate of drug-likeness (QED) is 0.302. The molecule has 2 amide bonds. The minimum atomic E-state index is -4.47. The molecule has 11 heteroatoms. The number of halogens is 3. The summed E-state index contributed by atoms with van der Waals surface area (Å²) in [6, 6.07) is 9.00. The van der Waals surface area contributed by atoms with Crippen molar-refractivity contribution in [2.24, 2.45) is 16.6 Å². The Morgan fingerprint density at radius 1 is 1.03 bits per heavy atom. The number of alkyl halides is 3. The van der Waals surface area contributed by atoms with E-state index in [1.807, 2.05) is 0 Å². The van der Waals surface area contributed by atoms with Gasteiger partial charge in [0.25, 0.3) is 0 Å². The highest BCUT2D eigenvalue weighted by Gasteiger charge is 2.30. The molecule has 2 aromatic carbocycles. The summed E-state index contributed by atoms with van der Waals surface area (Å²) in [4.78, 5) is 30.0. The molecule has 0 bridgehead atoms. The van der Waals surface area contributed by atoms with Crippen LogP contribution in [0.25, 0.3) is 0 Å². The van der Waals surface area contributed by atoms with Crippen molar-refractivity contribution in [2.45, 2.75) is 63.7 Å². The van der Waals surface area contributed by atoms with Gasteiger partial charge >= 0.3 is 6.18 Å². The molecule has 0 aliphatic heterocycles. The maximum atomic E-state index is 13.1. The van der Waals surface area contributed by atoms with E-state index in [0.717, 1.165) is 44.2 Å². The maximum absolute atomic E-state index is 13.1. The van der Waals surface area contributed by atoms with Crippen molar-refractivity contribution in [3.63, 3.8) is 0 Å². The molecular formula is C28H35F3N4O4. The Hall–Kier alpha value is -3.76. The van der Waals surface area contributed by atoms with Crippen LogP contribution in [0, 0.1) is 5.92 Å². The number of rotatable bonds is 10. The van der Waals surface area contributed by atoms with Crippen molar-refractivity contribution in [3.05, 3.63) is 59.2 Å². The lowest BCUT2D eigenvalue weighted by Gasteiger charge is -2.24. The SMILES string of the molecule is COc1ccc(CC(=O)NC(N)=NC(CC2CCCCC2)C(=O)NCc2cccc(C(F)(F)F)c2)cc1OC. The number of carbonyl (C=O) groups is 2. The summed E-state index contributed by atoms with van der Waals surface area (Å²) in [6.45, 7) is -0.0923. The van der Waals surface area contributed by atoms with Gasteiger partial charge in [-0.15, -0.1) is 0 Å². The molecule has 8 nitrogen and oxygen atoms in total. The van der Waals surface area contributed by atoms with E-state index in [-0.39, 0.29) is 24.8 Å². The van der Waals surface area contributed by atoms with Gasteiger partial charge in [0.15, 0.2) is 17.5 Å². The number of nitrogens with zero attached hydrogens (tertiary/aromatic N) is 1. The molecule has 3 rings (SSSR count). The Morgan fingerprint density at radius 3 is 2.41 bits per heavy atom. The number of carbonyl (C=O) groups excluding carboxylic acids is 2. The van der Waals surface area contributed by atoms with Gasteiger partial charge in [-0.3, -0.25) is 14.9 Å². The van der Waals surface area contributed by atoms with E-state index in [4.69, 9.17) is 15.2 Å². The molecule has 212 valence electrons. The number of nitrogens with two attached hydrogens (primary N) is 1. The van der Waals surface area contributed by atoms with Gasteiger partial charge < -0.3 is 20.5 Å². The first-order chi connectivity index (χ1) is 18.6. The van der Waals surface area contributed by atoms with Crippen LogP contribution in [0.15, 0.2) is 47.5 Å².